The summed E-state index contributed by atoms with van der Waals surface area (Å²) < 4.78 is 44.0. The molecule has 0 atom stereocenters. The van der Waals surface area contributed by atoms with E-state index in [4.69, 9.17) is 4.74 Å². The molecule has 1 aliphatic heterocycles. The van der Waals surface area contributed by atoms with E-state index in [1.165, 1.54) is 13.8 Å². The summed E-state index contributed by atoms with van der Waals surface area (Å²) in [4.78, 5) is 15.9. The van der Waals surface area contributed by atoms with Crippen LogP contribution in [-0.2, 0) is 17.5 Å². The van der Waals surface area contributed by atoms with E-state index in [2.05, 4.69) is 9.80 Å². The summed E-state index contributed by atoms with van der Waals surface area (Å²) in [7, 11) is 0. The Labute approximate surface area is 186 Å². The van der Waals surface area contributed by atoms with Crippen LogP contribution in [-0.4, -0.2) is 47.8 Å². The van der Waals surface area contributed by atoms with E-state index < -0.39 is 23.3 Å². The van der Waals surface area contributed by atoms with Crippen LogP contribution in [0.2, 0.25) is 0 Å². The van der Waals surface area contributed by atoms with Gasteiger partial charge in [-0.1, -0.05) is 12.1 Å². The van der Waals surface area contributed by atoms with Gasteiger partial charge in [0, 0.05) is 38.4 Å². The topological polar surface area (TPSA) is 53.0 Å². The second-order valence-corrected chi connectivity index (χ2v) is 8.78. The van der Waals surface area contributed by atoms with Crippen molar-refractivity contribution in [3.8, 4) is 5.75 Å². The maximum atomic E-state index is 12.7. The minimum absolute atomic E-state index is 0.585. The second-order valence-electron chi connectivity index (χ2n) is 8.78. The molecule has 0 spiro atoms. The zero-order valence-corrected chi connectivity index (χ0v) is 18.8. The van der Waals surface area contributed by atoms with Gasteiger partial charge in [0.2, 0.25) is 0 Å². The van der Waals surface area contributed by atoms with Crippen LogP contribution < -0.4 is 9.64 Å². The first-order valence-electron chi connectivity index (χ1n) is 10.5. The van der Waals surface area contributed by atoms with Crippen LogP contribution in [0.4, 0.5) is 18.9 Å². The number of hydrogen-bond donors (Lipinski definition) is 1. The molecule has 2 aromatic rings. The van der Waals surface area contributed by atoms with Crippen LogP contribution in [0.25, 0.3) is 0 Å². The number of carbonyl (C=O) groups is 1. The molecule has 1 fully saturated rings. The van der Waals surface area contributed by atoms with Crippen LogP contribution in [0, 0.1) is 13.8 Å². The molecule has 32 heavy (non-hydrogen) atoms. The van der Waals surface area contributed by atoms with Crippen molar-refractivity contribution >= 4 is 11.7 Å². The lowest BCUT2D eigenvalue weighted by Gasteiger charge is -2.36. The summed E-state index contributed by atoms with van der Waals surface area (Å²) in [5, 5.41) is 9.33. The van der Waals surface area contributed by atoms with Crippen molar-refractivity contribution in [1.82, 2.24) is 4.90 Å². The Morgan fingerprint density at radius 3 is 2.00 bits per heavy atom. The van der Waals surface area contributed by atoms with Crippen LogP contribution >= 0.6 is 0 Å². The maximum absolute atomic E-state index is 12.7. The molecule has 5 nitrogen and oxygen atoms in total. The zero-order chi connectivity index (χ0) is 23.7. The quantitative estimate of drug-likeness (QED) is 0.680. The number of halogens is 3. The predicted octanol–water partition coefficient (Wildman–Crippen LogP) is 4.89. The van der Waals surface area contributed by atoms with Crippen molar-refractivity contribution in [3.63, 3.8) is 0 Å². The second kappa shape index (κ2) is 9.02. The van der Waals surface area contributed by atoms with Gasteiger partial charge in [-0.05, 0) is 68.7 Å². The summed E-state index contributed by atoms with van der Waals surface area (Å²) in [6, 6.07) is 9.36. The van der Waals surface area contributed by atoms with Crippen LogP contribution in [0.3, 0.4) is 0 Å². The Hall–Kier alpha value is -2.74. The number of piperazine rings is 1. The molecule has 2 aromatic carbocycles. The average molecular weight is 451 g/mol. The first-order valence-corrected chi connectivity index (χ1v) is 10.5. The van der Waals surface area contributed by atoms with Gasteiger partial charge in [0.05, 0.1) is 5.56 Å². The third-order valence-corrected chi connectivity index (χ3v) is 5.74. The van der Waals surface area contributed by atoms with Gasteiger partial charge < -0.3 is 14.7 Å². The normalized spacial score (nSPS) is 15.7. The molecule has 0 saturated carbocycles. The number of aliphatic carboxylic acids is 1. The number of anilines is 1. The lowest BCUT2D eigenvalue weighted by atomic mass is 10.1. The van der Waals surface area contributed by atoms with Crippen molar-refractivity contribution in [2.75, 3.05) is 31.1 Å². The van der Waals surface area contributed by atoms with Gasteiger partial charge in [-0.2, -0.15) is 13.2 Å². The van der Waals surface area contributed by atoms with Gasteiger partial charge in [0.1, 0.15) is 5.75 Å². The van der Waals surface area contributed by atoms with E-state index in [1.54, 1.807) is 12.1 Å². The third-order valence-electron chi connectivity index (χ3n) is 5.74. The van der Waals surface area contributed by atoms with Crippen LogP contribution in [0.15, 0.2) is 36.4 Å². The number of rotatable bonds is 6. The van der Waals surface area contributed by atoms with Crippen molar-refractivity contribution in [3.05, 3.63) is 58.7 Å². The minimum Gasteiger partial charge on any atom is -0.478 e. The number of carboxylic acids is 1. The summed E-state index contributed by atoms with van der Waals surface area (Å²) in [6.45, 7) is 10.7. The highest BCUT2D eigenvalue weighted by Gasteiger charge is 2.31. The number of benzene rings is 2. The highest BCUT2D eigenvalue weighted by molar-refractivity contribution is 5.77. The molecule has 174 valence electrons. The molecule has 1 heterocycles. The maximum Gasteiger partial charge on any atom is 0.416 e. The first-order chi connectivity index (χ1) is 14.9. The number of nitrogens with zero attached hydrogens (tertiary/aromatic N) is 2. The molecule has 0 unspecified atom stereocenters. The van der Waals surface area contributed by atoms with Gasteiger partial charge >= 0.3 is 12.1 Å². The molecule has 0 amide bonds. The summed E-state index contributed by atoms with van der Waals surface area (Å²) >= 11 is 0. The molecule has 1 N–H and O–H groups in total. The van der Waals surface area contributed by atoms with Gasteiger partial charge in [0.15, 0.2) is 5.60 Å². The summed E-state index contributed by atoms with van der Waals surface area (Å²) in [5.41, 5.74) is 1.72. The van der Waals surface area contributed by atoms with Crippen LogP contribution in [0.5, 0.6) is 5.75 Å². The summed E-state index contributed by atoms with van der Waals surface area (Å²) in [5.74, 6) is -0.438. The van der Waals surface area contributed by atoms with Gasteiger partial charge in [-0.15, -0.1) is 0 Å². The number of hydrogen-bond acceptors (Lipinski definition) is 4. The molecule has 1 aliphatic rings. The highest BCUT2D eigenvalue weighted by atomic mass is 19.4. The monoisotopic (exact) mass is 450 g/mol. The third kappa shape index (κ3) is 5.54. The Morgan fingerprint density at radius 2 is 1.53 bits per heavy atom. The molecule has 8 heteroatoms. The molecule has 1 saturated heterocycles. The van der Waals surface area contributed by atoms with E-state index in [0.29, 0.717) is 12.3 Å². The fourth-order valence-corrected chi connectivity index (χ4v) is 3.79. The Morgan fingerprint density at radius 1 is 1.00 bits per heavy atom. The zero-order valence-electron chi connectivity index (χ0n) is 18.8. The smallest absolute Gasteiger partial charge is 0.416 e. The molecule has 0 aromatic heterocycles. The van der Waals surface area contributed by atoms with Crippen molar-refractivity contribution in [2.45, 2.75) is 46.0 Å². The number of alkyl halides is 3. The number of carboxylic acid groups (broad SMARTS) is 1. The predicted molar refractivity (Wildman–Crippen MR) is 117 cm³/mol. The van der Waals surface area contributed by atoms with Crippen molar-refractivity contribution in [1.29, 1.82) is 0 Å². The minimum atomic E-state index is -4.32. The first kappa shape index (κ1) is 23.9. The molecule has 0 bridgehead atoms. The van der Waals surface area contributed by atoms with E-state index in [0.717, 1.165) is 60.7 Å². The molecular formula is C24H29F3N2O3. The highest BCUT2D eigenvalue weighted by Crippen LogP contribution is 2.33. The van der Waals surface area contributed by atoms with E-state index in [-0.39, 0.29) is 0 Å². The number of ether oxygens (including phenoxy) is 1. The fraction of sp³-hybridized carbons (Fsp3) is 0.458. The Kier molecular flexibility index (Phi) is 6.74. The largest absolute Gasteiger partial charge is 0.478 e. The SMILES string of the molecule is Cc1cc(N2CCN(Cc3ccc(C(F)(F)F)cc3)CC2)cc(C)c1OC(C)(C)C(=O)O. The fourth-order valence-electron chi connectivity index (χ4n) is 3.79. The molecule has 3 rings (SSSR count). The van der Waals surface area contributed by atoms with Crippen LogP contribution in [0.1, 0.15) is 36.1 Å². The molecule has 0 radical (unpaired) electrons. The summed E-state index contributed by atoms with van der Waals surface area (Å²) in [6.07, 6.45) is -4.32. The van der Waals surface area contributed by atoms with Gasteiger partial charge in [0.25, 0.3) is 0 Å². The van der Waals surface area contributed by atoms with Gasteiger partial charge in [-0.3, -0.25) is 4.90 Å². The van der Waals surface area contributed by atoms with E-state index >= 15 is 0 Å². The van der Waals surface area contributed by atoms with E-state index in [9.17, 15) is 23.1 Å². The average Bonchev–Trinajstić information content (AvgIpc) is 2.71. The Balaban J connectivity index is 1.62. The molecular weight excluding hydrogens is 421 g/mol. The van der Waals surface area contributed by atoms with Gasteiger partial charge in [-0.25, -0.2) is 4.79 Å². The standard InChI is InChI=1S/C24H29F3N2O3/c1-16-13-20(14-17(2)21(16)32-23(3,4)22(30)31)29-11-9-28(10-12-29)15-18-5-7-19(8-6-18)24(25,26)27/h5-8,13-14H,9-12,15H2,1-4H3,(H,30,31). The Bertz CT molecular complexity index is 940. The van der Waals surface area contributed by atoms with Crippen molar-refractivity contribution < 1.29 is 27.8 Å². The lowest BCUT2D eigenvalue weighted by molar-refractivity contribution is -0.152. The van der Waals surface area contributed by atoms with Crippen molar-refractivity contribution in [2.24, 2.45) is 0 Å². The molecule has 0 aliphatic carbocycles. The van der Waals surface area contributed by atoms with E-state index in [1.807, 2.05) is 26.0 Å². The lowest BCUT2D eigenvalue weighted by Crippen LogP contribution is -2.46. The number of aryl methyl sites for hydroxylation is 2.